The van der Waals surface area contributed by atoms with Crippen molar-refractivity contribution in [2.45, 2.75) is 193 Å². The van der Waals surface area contributed by atoms with Crippen LogP contribution >= 0.6 is 11.8 Å². The number of carbonyl (C=O) groups is 3. The molecular weight excluding hydrogens is 913 g/mol. The van der Waals surface area contributed by atoms with E-state index >= 15 is 0 Å². The monoisotopic (exact) mass is 1010 g/mol. The SMILES string of the molecule is CCCCC(=O)NCCOCCOCCN1CCO[C@@H](OC2CCC34C(CCC5C6CC(O)C(CCC[C@H](OC(C)=O)C(C)(C)O)C6(C)CCC53C4C)C2(C)C)C1.CNC1CS[C@@H](C)C1NC=O.CO. The van der Waals surface area contributed by atoms with Gasteiger partial charge >= 0.3 is 5.97 Å². The summed E-state index contributed by atoms with van der Waals surface area (Å²) >= 11 is 1.89. The average molecular weight is 1010 g/mol. The second-order valence-electron chi connectivity index (χ2n) is 23.3. The minimum absolute atomic E-state index is 0.0471. The highest BCUT2D eigenvalue weighted by atomic mass is 32.2. The van der Waals surface area contributed by atoms with Crippen molar-refractivity contribution in [1.82, 2.24) is 20.9 Å². The first-order valence-electron chi connectivity index (χ1n) is 27.2. The lowest BCUT2D eigenvalue weighted by Gasteiger charge is -2.59. The smallest absolute Gasteiger partial charge is 0.303 e. The molecule has 2 amide bonds. The average Bonchev–Trinajstić information content (AvgIpc) is 3.48. The van der Waals surface area contributed by atoms with Crippen molar-refractivity contribution in [2.24, 2.45) is 51.2 Å². The van der Waals surface area contributed by atoms with E-state index < -0.39 is 11.7 Å². The zero-order valence-electron chi connectivity index (χ0n) is 45.2. The lowest BCUT2D eigenvalue weighted by Crippen LogP contribution is -2.56. The normalized spacial score (nSPS) is 37.7. The lowest BCUT2D eigenvalue weighted by atomic mass is 9.46. The van der Waals surface area contributed by atoms with E-state index in [1.807, 2.05) is 18.8 Å². The van der Waals surface area contributed by atoms with Crippen LogP contribution in [0.15, 0.2) is 0 Å². The van der Waals surface area contributed by atoms with Crippen molar-refractivity contribution in [2.75, 3.05) is 79.1 Å². The topological polar surface area (TPSA) is 197 Å². The van der Waals surface area contributed by atoms with E-state index in [2.05, 4.69) is 62.4 Å². The predicted octanol–water partition coefficient (Wildman–Crippen LogP) is 5.94. The fourth-order valence-electron chi connectivity index (χ4n) is 15.5. The second kappa shape index (κ2) is 26.2. The third-order valence-electron chi connectivity index (χ3n) is 19.0. The molecule has 16 heteroatoms. The maximum absolute atomic E-state index is 11.8. The van der Waals surface area contributed by atoms with E-state index in [1.54, 1.807) is 13.8 Å². The molecule has 0 radical (unpaired) electrons. The maximum atomic E-state index is 11.8. The molecule has 15 atom stereocenters. The molecule has 0 bridgehead atoms. The highest BCUT2D eigenvalue weighted by Gasteiger charge is 2.84. The van der Waals surface area contributed by atoms with Crippen LogP contribution in [0.1, 0.15) is 146 Å². The Kier molecular flexibility index (Phi) is 22.2. The fraction of sp³-hybridized carbons (Fsp3) is 0.944. The zero-order valence-corrected chi connectivity index (χ0v) is 46.0. The van der Waals surface area contributed by atoms with Crippen LogP contribution < -0.4 is 16.0 Å². The number of carbonyl (C=O) groups excluding carboxylic acids is 3. The Morgan fingerprint density at radius 2 is 1.71 bits per heavy atom. The van der Waals surface area contributed by atoms with Gasteiger partial charge in [0.15, 0.2) is 6.29 Å². The molecule has 2 saturated heterocycles. The third kappa shape index (κ3) is 13.1. The molecule has 0 aromatic carbocycles. The van der Waals surface area contributed by atoms with Gasteiger partial charge in [-0.15, -0.1) is 0 Å². The summed E-state index contributed by atoms with van der Waals surface area (Å²) in [4.78, 5) is 36.1. The number of fused-ring (bicyclic) bond motifs is 2. The van der Waals surface area contributed by atoms with Crippen molar-refractivity contribution in [1.29, 1.82) is 0 Å². The number of aliphatic hydroxyl groups excluding tert-OH is 2. The number of hydrogen-bond donors (Lipinski definition) is 6. The molecule has 2 aliphatic heterocycles. The van der Waals surface area contributed by atoms with Gasteiger partial charge in [0.2, 0.25) is 12.3 Å². The van der Waals surface area contributed by atoms with Crippen LogP contribution in [0.3, 0.4) is 0 Å². The lowest BCUT2D eigenvalue weighted by molar-refractivity contribution is -0.245. The van der Waals surface area contributed by atoms with Crippen molar-refractivity contribution in [3.8, 4) is 0 Å². The Morgan fingerprint density at radius 1 is 0.986 bits per heavy atom. The number of nitrogens with one attached hydrogen (secondary N) is 3. The molecule has 2 heterocycles. The van der Waals surface area contributed by atoms with Gasteiger partial charge in [-0.1, -0.05) is 48.0 Å². The second-order valence-corrected chi connectivity index (χ2v) is 24.7. The van der Waals surface area contributed by atoms with Crippen molar-refractivity contribution in [3.63, 3.8) is 0 Å². The minimum atomic E-state index is -1.09. The van der Waals surface area contributed by atoms with Crippen LogP contribution in [-0.4, -0.2) is 165 Å². The van der Waals surface area contributed by atoms with Crippen molar-refractivity contribution >= 4 is 30.0 Å². The molecule has 406 valence electrons. The molecule has 15 nitrogen and oxygen atoms in total. The van der Waals surface area contributed by atoms with Crippen LogP contribution in [0.25, 0.3) is 0 Å². The van der Waals surface area contributed by atoms with E-state index in [-0.39, 0.29) is 47.1 Å². The van der Waals surface area contributed by atoms with E-state index in [9.17, 15) is 24.6 Å². The number of ether oxygens (including phenoxy) is 5. The third-order valence-corrected chi connectivity index (χ3v) is 20.4. The molecule has 0 aromatic rings. The number of rotatable bonds is 23. The largest absolute Gasteiger partial charge is 0.460 e. The Morgan fingerprint density at radius 3 is 2.39 bits per heavy atom. The molecule has 7 aliphatic rings. The number of likely N-dealkylation sites (N-methyl/N-ethyl adjacent to an activating group) is 1. The standard InChI is InChI=1S/C46H80N2O9.C7H14N2OS.CH4O/c1-9-10-14-40(51)47-21-24-53-27-28-54-25-22-48-23-26-55-41(30-48)57-38-17-18-46-31(2)45(46)20-19-44(8)34(12-11-13-39(43(6,7)52)56-32(3)49)36(50)29-35(44)33(45)15-16-37(46)42(38,4)5;1-5-7(9-4-10)6(8-2)3-11-5;1-2/h31,33-39,41,50,52H,9-30H2,1-8H3,(H,47,51);4-8H,3H2,1-2H3,(H,9,10);2H,1H3/t31?,33?,34?,35?,36?,37?,38?,39-,41-,44?,45?,46?;5-,6?,7?;/m00./s1. The van der Waals surface area contributed by atoms with E-state index in [4.69, 9.17) is 28.8 Å². The first kappa shape index (κ1) is 59.3. The van der Waals surface area contributed by atoms with Crippen LogP contribution in [0.2, 0.25) is 0 Å². The van der Waals surface area contributed by atoms with Gasteiger partial charge in [0.25, 0.3) is 0 Å². The Hall–Kier alpha value is -1.60. The fourth-order valence-corrected chi connectivity index (χ4v) is 16.9. The minimum Gasteiger partial charge on any atom is -0.460 e. The molecule has 5 saturated carbocycles. The maximum Gasteiger partial charge on any atom is 0.303 e. The number of thioether (sulfide) groups is 1. The first-order valence-corrected chi connectivity index (χ1v) is 28.3. The molecule has 2 spiro atoms. The molecule has 70 heavy (non-hydrogen) atoms. The number of hydrogen-bond acceptors (Lipinski definition) is 14. The molecule has 0 aromatic heterocycles. The first-order chi connectivity index (χ1) is 33.3. The Bertz CT molecular complexity index is 1640. The number of unbranched alkanes of at least 4 members (excludes halogenated alkanes) is 1. The van der Waals surface area contributed by atoms with Crippen LogP contribution in [0.5, 0.6) is 0 Å². The molecule has 5 aliphatic carbocycles. The summed E-state index contributed by atoms with van der Waals surface area (Å²) in [5, 5.41) is 38.8. The van der Waals surface area contributed by atoms with E-state index in [0.29, 0.717) is 104 Å². The van der Waals surface area contributed by atoms with Gasteiger partial charge in [-0.05, 0) is 143 Å². The van der Waals surface area contributed by atoms with Gasteiger partial charge in [-0.2, -0.15) is 11.8 Å². The number of nitrogens with zero attached hydrogens (tertiary/aromatic N) is 1. The zero-order chi connectivity index (χ0) is 51.5. The van der Waals surface area contributed by atoms with Crippen molar-refractivity contribution in [3.05, 3.63) is 0 Å². The quantitative estimate of drug-likeness (QED) is 0.0400. The number of amides is 2. The Labute approximate surface area is 426 Å². The summed E-state index contributed by atoms with van der Waals surface area (Å²) in [7, 11) is 2.93. The van der Waals surface area contributed by atoms with Gasteiger partial charge in [0.05, 0.1) is 56.9 Å². The van der Waals surface area contributed by atoms with Gasteiger partial charge in [-0.3, -0.25) is 19.3 Å². The summed E-state index contributed by atoms with van der Waals surface area (Å²) in [6.07, 6.45) is 12.9. The van der Waals surface area contributed by atoms with Crippen LogP contribution in [0, 0.1) is 51.2 Å². The van der Waals surface area contributed by atoms with Gasteiger partial charge in [-0.25, -0.2) is 0 Å². The Balaban J connectivity index is 0.000000613. The molecule has 7 fully saturated rings. The van der Waals surface area contributed by atoms with Crippen LogP contribution in [-0.2, 0) is 38.1 Å². The van der Waals surface area contributed by atoms with Gasteiger partial charge in [0, 0.05) is 63.7 Å². The van der Waals surface area contributed by atoms with Gasteiger partial charge < -0.3 is 55.0 Å². The van der Waals surface area contributed by atoms with Crippen molar-refractivity contribution < 1.29 is 53.4 Å². The highest BCUT2D eigenvalue weighted by molar-refractivity contribution is 8.00. The number of esters is 1. The summed E-state index contributed by atoms with van der Waals surface area (Å²) in [6, 6.07) is 0.725. The predicted molar refractivity (Wildman–Crippen MR) is 275 cm³/mol. The summed E-state index contributed by atoms with van der Waals surface area (Å²) in [5.74, 6) is 3.58. The summed E-state index contributed by atoms with van der Waals surface area (Å²) < 4.78 is 30.2. The summed E-state index contributed by atoms with van der Waals surface area (Å²) in [5.41, 5.74) is -0.207. The van der Waals surface area contributed by atoms with Gasteiger partial charge in [0.1, 0.15) is 6.10 Å². The molecule has 12 unspecified atom stereocenters. The molecule has 7 rings (SSSR count). The van der Waals surface area contributed by atoms with E-state index in [0.717, 1.165) is 77.4 Å². The molecular formula is C54H98N4O11S. The molecule has 6 N–H and O–H groups in total. The van der Waals surface area contributed by atoms with E-state index in [1.165, 1.54) is 39.0 Å². The van der Waals surface area contributed by atoms with Crippen LogP contribution in [0.4, 0.5) is 0 Å². The summed E-state index contributed by atoms with van der Waals surface area (Å²) in [6.45, 7) is 25.0. The number of aliphatic hydroxyl groups is 3. The highest BCUT2D eigenvalue weighted by Crippen LogP contribution is 2.89. The number of morpholine rings is 1.